The van der Waals surface area contributed by atoms with Crippen molar-refractivity contribution >= 4 is 22.7 Å². The summed E-state index contributed by atoms with van der Waals surface area (Å²) in [5.41, 5.74) is 2.66. The first-order chi connectivity index (χ1) is 18.1. The van der Waals surface area contributed by atoms with Crippen molar-refractivity contribution in [3.8, 4) is 5.75 Å². The summed E-state index contributed by atoms with van der Waals surface area (Å²) in [6.45, 7) is 2.92. The highest BCUT2D eigenvalue weighted by Gasteiger charge is 2.36. The number of aliphatic hydroxyl groups excluding tert-OH is 1. The van der Waals surface area contributed by atoms with Gasteiger partial charge in [-0.1, -0.05) is 36.8 Å². The smallest absolute Gasteiger partial charge is 0.257 e. The molecular weight excluding hydrogens is 466 g/mol. The average molecular weight is 504 g/mol. The first-order valence-corrected chi connectivity index (χ1v) is 13.5. The Kier molecular flexibility index (Phi) is 7.79. The molecule has 196 valence electrons. The third kappa shape index (κ3) is 5.67. The number of carbonyl (C=O) groups is 2. The van der Waals surface area contributed by atoms with E-state index >= 15 is 0 Å². The number of rotatable bonds is 4. The van der Waals surface area contributed by atoms with Gasteiger partial charge < -0.3 is 24.6 Å². The molecule has 0 aliphatic carbocycles. The van der Waals surface area contributed by atoms with Gasteiger partial charge in [0, 0.05) is 49.8 Å². The number of aliphatic hydroxyl groups is 1. The van der Waals surface area contributed by atoms with Crippen LogP contribution in [0.4, 0.5) is 0 Å². The number of carbonyl (C=O) groups excluding carboxylic acids is 2. The summed E-state index contributed by atoms with van der Waals surface area (Å²) >= 11 is 0. The Hall–Kier alpha value is -3.32. The number of hydrogen-bond donors (Lipinski definition) is 2. The van der Waals surface area contributed by atoms with Crippen LogP contribution in [0.3, 0.4) is 0 Å². The van der Waals surface area contributed by atoms with Gasteiger partial charge in [-0.3, -0.25) is 9.59 Å². The number of nitrogens with zero attached hydrogens (tertiary/aromatic N) is 2. The summed E-state index contributed by atoms with van der Waals surface area (Å²) in [5, 5.41) is 11.4. The minimum atomic E-state index is -0.142. The lowest BCUT2D eigenvalue weighted by atomic mass is 9.75. The first kappa shape index (κ1) is 25.3. The number of fused-ring (bicyclic) bond motifs is 10. The van der Waals surface area contributed by atoms with Crippen LogP contribution < -0.4 is 4.74 Å². The molecule has 2 N–H and O–H groups in total. The Bertz CT molecular complexity index is 1230. The van der Waals surface area contributed by atoms with E-state index in [4.69, 9.17) is 4.74 Å². The number of H-pyrrole nitrogens is 1. The molecule has 7 nitrogen and oxygen atoms in total. The number of amides is 2. The number of aryl methyl sites for hydroxylation is 1. The quantitative estimate of drug-likeness (QED) is 0.552. The van der Waals surface area contributed by atoms with Crippen LogP contribution in [-0.4, -0.2) is 71.1 Å². The van der Waals surface area contributed by atoms with E-state index in [-0.39, 0.29) is 23.8 Å². The molecule has 0 atom stereocenters. The topological polar surface area (TPSA) is 85.9 Å². The standard InChI is InChI=1S/C30H37N3O4/c34-22-30-13-5-6-16-32(28(35)12-11-23-21-31-26-9-3-1-7-24(23)26)19-20-37-27-10-4-2-8-25(27)29(36)33(17-14-30)18-15-30/h1-4,7-10,21,31,34H,5-6,11-20,22H2. The van der Waals surface area contributed by atoms with Crippen LogP contribution in [0.25, 0.3) is 10.9 Å². The zero-order valence-electron chi connectivity index (χ0n) is 21.5. The molecule has 0 radical (unpaired) electrons. The lowest BCUT2D eigenvalue weighted by Gasteiger charge is -2.41. The fraction of sp³-hybridized carbons (Fsp3) is 0.467. The van der Waals surface area contributed by atoms with Crippen LogP contribution >= 0.6 is 0 Å². The van der Waals surface area contributed by atoms with Gasteiger partial charge in [0.05, 0.1) is 12.1 Å². The summed E-state index contributed by atoms with van der Waals surface area (Å²) in [5.74, 6) is 0.655. The number of aromatic amines is 1. The molecule has 1 saturated heterocycles. The summed E-state index contributed by atoms with van der Waals surface area (Å²) in [7, 11) is 0. The van der Waals surface area contributed by atoms with E-state index in [2.05, 4.69) is 11.1 Å². The number of aromatic nitrogens is 1. The minimum absolute atomic E-state index is 0.0244. The molecule has 37 heavy (non-hydrogen) atoms. The van der Waals surface area contributed by atoms with Gasteiger partial charge in [-0.25, -0.2) is 0 Å². The van der Waals surface area contributed by atoms with Crippen LogP contribution in [0.1, 0.15) is 54.4 Å². The second-order valence-electron chi connectivity index (χ2n) is 10.5. The van der Waals surface area contributed by atoms with Crippen molar-refractivity contribution in [2.45, 2.75) is 44.9 Å². The molecule has 2 bridgehead atoms. The molecule has 7 heteroatoms. The Morgan fingerprint density at radius 2 is 1.76 bits per heavy atom. The van der Waals surface area contributed by atoms with Crippen molar-refractivity contribution in [2.24, 2.45) is 5.41 Å². The molecule has 1 aromatic heterocycles. The van der Waals surface area contributed by atoms with Gasteiger partial charge in [0.1, 0.15) is 12.4 Å². The summed E-state index contributed by atoms with van der Waals surface area (Å²) in [6.07, 6.45) is 7.46. The van der Waals surface area contributed by atoms with Crippen molar-refractivity contribution in [3.63, 3.8) is 0 Å². The van der Waals surface area contributed by atoms with Gasteiger partial charge in [-0.2, -0.15) is 0 Å². The number of para-hydroxylation sites is 2. The van der Waals surface area contributed by atoms with Crippen molar-refractivity contribution in [1.82, 2.24) is 14.8 Å². The van der Waals surface area contributed by atoms with Crippen LogP contribution in [0.2, 0.25) is 0 Å². The van der Waals surface area contributed by atoms with E-state index < -0.39 is 0 Å². The number of hydrogen-bond acceptors (Lipinski definition) is 4. The maximum atomic E-state index is 13.3. The van der Waals surface area contributed by atoms with Crippen molar-refractivity contribution in [2.75, 3.05) is 39.4 Å². The molecular formula is C30H37N3O4. The summed E-state index contributed by atoms with van der Waals surface area (Å²) < 4.78 is 6.08. The Labute approximate surface area is 218 Å². The predicted octanol–water partition coefficient (Wildman–Crippen LogP) is 4.41. The first-order valence-electron chi connectivity index (χ1n) is 13.5. The maximum absolute atomic E-state index is 13.3. The van der Waals surface area contributed by atoms with Crippen molar-refractivity contribution < 1.29 is 19.4 Å². The average Bonchev–Trinajstić information content (AvgIpc) is 3.35. The van der Waals surface area contributed by atoms with Crippen LogP contribution in [0.5, 0.6) is 5.75 Å². The molecule has 4 heterocycles. The second-order valence-corrected chi connectivity index (χ2v) is 10.5. The van der Waals surface area contributed by atoms with E-state index in [1.165, 1.54) is 0 Å². The normalized spacial score (nSPS) is 18.7. The largest absolute Gasteiger partial charge is 0.491 e. The van der Waals surface area contributed by atoms with E-state index in [9.17, 15) is 14.7 Å². The van der Waals surface area contributed by atoms with Gasteiger partial charge in [-0.05, 0) is 61.3 Å². The molecule has 0 unspecified atom stereocenters. The van der Waals surface area contributed by atoms with Gasteiger partial charge in [0.15, 0.2) is 0 Å². The zero-order valence-corrected chi connectivity index (χ0v) is 21.5. The number of piperidine rings is 1. The van der Waals surface area contributed by atoms with Crippen LogP contribution in [0, 0.1) is 5.41 Å². The Morgan fingerprint density at radius 3 is 2.59 bits per heavy atom. The van der Waals surface area contributed by atoms with Crippen molar-refractivity contribution in [3.05, 3.63) is 65.9 Å². The minimum Gasteiger partial charge on any atom is -0.491 e. The number of nitrogens with one attached hydrogen (secondary N) is 1. The molecule has 0 saturated carbocycles. The summed E-state index contributed by atoms with van der Waals surface area (Å²) in [6, 6.07) is 15.5. The van der Waals surface area contributed by atoms with E-state index in [1.807, 2.05) is 58.5 Å². The third-order valence-electron chi connectivity index (χ3n) is 8.20. The van der Waals surface area contributed by atoms with Gasteiger partial charge in [0.25, 0.3) is 5.91 Å². The van der Waals surface area contributed by atoms with E-state index in [0.29, 0.717) is 56.9 Å². The number of ether oxygens (including phenoxy) is 1. The van der Waals surface area contributed by atoms with Gasteiger partial charge in [0.2, 0.25) is 5.91 Å². The van der Waals surface area contributed by atoms with Crippen LogP contribution in [0.15, 0.2) is 54.7 Å². The fourth-order valence-corrected chi connectivity index (χ4v) is 5.78. The van der Waals surface area contributed by atoms with Crippen molar-refractivity contribution in [1.29, 1.82) is 0 Å². The molecule has 3 aromatic rings. The lowest BCUT2D eigenvalue weighted by molar-refractivity contribution is -0.131. The fourth-order valence-electron chi connectivity index (χ4n) is 5.78. The number of benzene rings is 2. The Morgan fingerprint density at radius 1 is 0.973 bits per heavy atom. The second kappa shape index (κ2) is 11.4. The van der Waals surface area contributed by atoms with E-state index in [1.54, 1.807) is 0 Å². The predicted molar refractivity (Wildman–Crippen MR) is 144 cm³/mol. The highest BCUT2D eigenvalue weighted by atomic mass is 16.5. The SMILES string of the molecule is O=C(CCc1c[nH]c2ccccc12)N1CCCCC2(CO)CCN(CC2)C(=O)c2ccccc2OCC1. The molecule has 2 aromatic carbocycles. The molecule has 1 fully saturated rings. The van der Waals surface area contributed by atoms with Gasteiger partial charge in [-0.15, -0.1) is 0 Å². The molecule has 0 spiro atoms. The molecule has 3 aliphatic heterocycles. The van der Waals surface area contributed by atoms with Crippen LogP contribution in [-0.2, 0) is 11.2 Å². The summed E-state index contributed by atoms with van der Waals surface area (Å²) in [4.78, 5) is 33.7. The maximum Gasteiger partial charge on any atom is 0.257 e. The molecule has 3 aliphatic rings. The monoisotopic (exact) mass is 503 g/mol. The Balaban J connectivity index is 1.30. The zero-order chi connectivity index (χ0) is 25.7. The third-order valence-corrected chi connectivity index (χ3v) is 8.20. The van der Waals surface area contributed by atoms with Gasteiger partial charge >= 0.3 is 0 Å². The highest BCUT2D eigenvalue weighted by molar-refractivity contribution is 5.97. The lowest BCUT2D eigenvalue weighted by Crippen LogP contribution is -2.44. The molecule has 2 amide bonds. The molecule has 6 rings (SSSR count). The van der Waals surface area contributed by atoms with E-state index in [0.717, 1.165) is 48.6 Å². The highest BCUT2D eigenvalue weighted by Crippen LogP contribution is 2.37.